The number of hydrogen-bond donors (Lipinski definition) is 0. The number of amides is 2. The maximum Gasteiger partial charge on any atom is 0.242 e. The van der Waals surface area contributed by atoms with E-state index in [1.807, 2.05) is 0 Å². The fraction of sp³-hybridized carbons (Fsp3) is 0.818. The van der Waals surface area contributed by atoms with Gasteiger partial charge < -0.3 is 0 Å². The largest absolute Gasteiger partial charge is 0.285 e. The molecule has 1 saturated carbocycles. The second kappa shape index (κ2) is 4.56. The minimum atomic E-state index is -0.0920. The lowest BCUT2D eigenvalue weighted by atomic mass is 10.0. The fourth-order valence-electron chi connectivity index (χ4n) is 2.26. The van der Waals surface area contributed by atoms with Gasteiger partial charge >= 0.3 is 0 Å². The van der Waals surface area contributed by atoms with Crippen molar-refractivity contribution in [3.63, 3.8) is 0 Å². The zero-order chi connectivity index (χ0) is 10.8. The maximum atomic E-state index is 11.7. The Hall–Kier alpha value is -0.510. The van der Waals surface area contributed by atoms with Gasteiger partial charge in [0.05, 0.1) is 5.25 Å². The van der Waals surface area contributed by atoms with Crippen LogP contribution in [0.2, 0.25) is 0 Å². The number of thioether (sulfide) groups is 1. The van der Waals surface area contributed by atoms with E-state index < -0.39 is 0 Å². The van der Waals surface area contributed by atoms with Crippen molar-refractivity contribution >= 4 is 23.6 Å². The number of rotatable bonds is 2. The zero-order valence-corrected chi connectivity index (χ0v) is 9.89. The van der Waals surface area contributed by atoms with Gasteiger partial charge in [0.15, 0.2) is 0 Å². The molecule has 2 amide bonds. The second-order valence-electron chi connectivity index (χ2n) is 4.38. The van der Waals surface area contributed by atoms with Crippen molar-refractivity contribution in [3.05, 3.63) is 0 Å². The van der Waals surface area contributed by atoms with Gasteiger partial charge in [0, 0.05) is 18.7 Å². The van der Waals surface area contributed by atoms with E-state index in [4.69, 9.17) is 0 Å². The van der Waals surface area contributed by atoms with Gasteiger partial charge in [-0.25, -0.2) is 0 Å². The minimum Gasteiger partial charge on any atom is -0.285 e. The molecule has 15 heavy (non-hydrogen) atoms. The summed E-state index contributed by atoms with van der Waals surface area (Å²) < 4.78 is 0. The molecule has 0 bridgehead atoms. The first-order valence-electron chi connectivity index (χ1n) is 5.64. The fourth-order valence-corrected chi connectivity index (χ4v) is 3.85. The molecular formula is C11H17NO2S. The molecule has 1 aliphatic carbocycles. The molecule has 3 nitrogen and oxygen atoms in total. The summed E-state index contributed by atoms with van der Waals surface area (Å²) in [7, 11) is 1.59. The van der Waals surface area contributed by atoms with Crippen molar-refractivity contribution in [2.24, 2.45) is 0 Å². The molecule has 1 unspecified atom stereocenters. The molecular weight excluding hydrogens is 210 g/mol. The summed E-state index contributed by atoms with van der Waals surface area (Å²) in [6, 6.07) is 0. The van der Waals surface area contributed by atoms with Gasteiger partial charge in [-0.2, -0.15) is 0 Å². The molecule has 2 rings (SSSR count). The van der Waals surface area contributed by atoms with Crippen molar-refractivity contribution in [2.45, 2.75) is 49.0 Å². The lowest BCUT2D eigenvalue weighted by Gasteiger charge is -2.22. The summed E-state index contributed by atoms with van der Waals surface area (Å²) in [6.07, 6.45) is 6.73. The first-order chi connectivity index (χ1) is 7.18. The summed E-state index contributed by atoms with van der Waals surface area (Å²) >= 11 is 1.73. The molecule has 4 heteroatoms. The number of hydrogen-bond acceptors (Lipinski definition) is 3. The molecule has 1 aliphatic heterocycles. The highest BCUT2D eigenvalue weighted by atomic mass is 32.2. The Kier molecular flexibility index (Phi) is 3.34. The summed E-state index contributed by atoms with van der Waals surface area (Å²) in [6.45, 7) is 0. The SMILES string of the molecule is CN1C(=O)CC(SC2CCCCC2)C1=O. The van der Waals surface area contributed by atoms with Gasteiger partial charge in [0.25, 0.3) is 0 Å². The van der Waals surface area contributed by atoms with Crippen LogP contribution in [0.25, 0.3) is 0 Å². The Morgan fingerprint density at radius 1 is 1.20 bits per heavy atom. The highest BCUT2D eigenvalue weighted by molar-refractivity contribution is 8.01. The van der Waals surface area contributed by atoms with Crippen molar-refractivity contribution < 1.29 is 9.59 Å². The standard InChI is InChI=1S/C11H17NO2S/c1-12-10(13)7-9(11(12)14)15-8-5-3-2-4-6-8/h8-9H,2-7H2,1H3. The molecule has 0 radical (unpaired) electrons. The number of nitrogens with zero attached hydrogens (tertiary/aromatic N) is 1. The van der Waals surface area contributed by atoms with Crippen LogP contribution in [0.15, 0.2) is 0 Å². The highest BCUT2D eigenvalue weighted by Gasteiger charge is 2.37. The molecule has 84 valence electrons. The lowest BCUT2D eigenvalue weighted by molar-refractivity contribution is -0.136. The summed E-state index contributed by atoms with van der Waals surface area (Å²) in [5, 5.41) is 0.512. The molecule has 1 heterocycles. The smallest absolute Gasteiger partial charge is 0.242 e. The third-order valence-corrected chi connectivity index (χ3v) is 4.80. The Bertz CT molecular complexity index is 274. The minimum absolute atomic E-state index is 0.00979. The normalized spacial score (nSPS) is 28.9. The number of likely N-dealkylation sites (tertiary alicyclic amines) is 1. The van der Waals surface area contributed by atoms with Gasteiger partial charge in [0.1, 0.15) is 0 Å². The average molecular weight is 227 g/mol. The van der Waals surface area contributed by atoms with Crippen LogP contribution in [-0.4, -0.2) is 34.3 Å². The van der Waals surface area contributed by atoms with E-state index in [9.17, 15) is 9.59 Å². The molecule has 0 aromatic carbocycles. The summed E-state index contributed by atoms with van der Waals surface area (Å²) in [5.74, 6) is -0.0103. The molecule has 0 aromatic heterocycles. The molecule has 0 spiro atoms. The average Bonchev–Trinajstić information content (AvgIpc) is 2.48. The number of imide groups is 1. The van der Waals surface area contributed by atoms with E-state index in [1.165, 1.54) is 37.0 Å². The van der Waals surface area contributed by atoms with Crippen LogP contribution >= 0.6 is 11.8 Å². The number of carbonyl (C=O) groups excluding carboxylic acids is 2. The Morgan fingerprint density at radius 3 is 2.40 bits per heavy atom. The first kappa shape index (κ1) is 11.0. The molecule has 2 fully saturated rings. The summed E-state index contributed by atoms with van der Waals surface area (Å²) in [5.41, 5.74) is 0. The van der Waals surface area contributed by atoms with E-state index in [-0.39, 0.29) is 17.1 Å². The molecule has 0 N–H and O–H groups in total. The van der Waals surface area contributed by atoms with Gasteiger partial charge in [0.2, 0.25) is 11.8 Å². The maximum absolute atomic E-state index is 11.7. The third-order valence-electron chi connectivity index (χ3n) is 3.25. The van der Waals surface area contributed by atoms with Crippen LogP contribution < -0.4 is 0 Å². The number of carbonyl (C=O) groups is 2. The van der Waals surface area contributed by atoms with E-state index in [0.29, 0.717) is 11.7 Å². The van der Waals surface area contributed by atoms with Gasteiger partial charge in [-0.05, 0) is 12.8 Å². The van der Waals surface area contributed by atoms with Crippen molar-refractivity contribution in [1.29, 1.82) is 0 Å². The topological polar surface area (TPSA) is 37.4 Å². The Balaban J connectivity index is 1.89. The van der Waals surface area contributed by atoms with E-state index in [2.05, 4.69) is 0 Å². The monoisotopic (exact) mass is 227 g/mol. The predicted molar refractivity (Wildman–Crippen MR) is 60.6 cm³/mol. The van der Waals surface area contributed by atoms with Crippen molar-refractivity contribution in [2.75, 3.05) is 7.05 Å². The summed E-state index contributed by atoms with van der Waals surface area (Å²) in [4.78, 5) is 24.3. The van der Waals surface area contributed by atoms with Gasteiger partial charge in [-0.3, -0.25) is 14.5 Å². The van der Waals surface area contributed by atoms with Crippen LogP contribution in [0.3, 0.4) is 0 Å². The van der Waals surface area contributed by atoms with Crippen LogP contribution in [0.5, 0.6) is 0 Å². The van der Waals surface area contributed by atoms with Crippen LogP contribution in [0.4, 0.5) is 0 Å². The van der Waals surface area contributed by atoms with Crippen molar-refractivity contribution in [1.82, 2.24) is 4.90 Å². The van der Waals surface area contributed by atoms with E-state index in [1.54, 1.807) is 18.8 Å². The quantitative estimate of drug-likeness (QED) is 0.675. The Labute approximate surface area is 94.6 Å². The second-order valence-corrected chi connectivity index (χ2v) is 5.89. The first-order valence-corrected chi connectivity index (χ1v) is 6.58. The zero-order valence-electron chi connectivity index (χ0n) is 9.07. The predicted octanol–water partition coefficient (Wildman–Crippen LogP) is 1.81. The molecule has 2 aliphatic rings. The molecule has 0 aromatic rings. The lowest BCUT2D eigenvalue weighted by Crippen LogP contribution is -2.27. The van der Waals surface area contributed by atoms with Crippen LogP contribution in [0, 0.1) is 0 Å². The molecule has 1 saturated heterocycles. The van der Waals surface area contributed by atoms with E-state index in [0.717, 1.165) is 0 Å². The Morgan fingerprint density at radius 2 is 1.87 bits per heavy atom. The third kappa shape index (κ3) is 2.36. The van der Waals surface area contributed by atoms with Gasteiger partial charge in [-0.1, -0.05) is 19.3 Å². The van der Waals surface area contributed by atoms with Crippen LogP contribution in [0.1, 0.15) is 38.5 Å². The van der Waals surface area contributed by atoms with Crippen LogP contribution in [-0.2, 0) is 9.59 Å². The van der Waals surface area contributed by atoms with Crippen molar-refractivity contribution in [3.8, 4) is 0 Å². The molecule has 1 atom stereocenters. The van der Waals surface area contributed by atoms with Gasteiger partial charge in [-0.15, -0.1) is 11.8 Å². The van der Waals surface area contributed by atoms with E-state index >= 15 is 0 Å². The highest BCUT2D eigenvalue weighted by Crippen LogP contribution is 2.35.